The average molecular weight is 248 g/mol. The fraction of sp³-hybridized carbons (Fsp3) is 0.400. The molecule has 0 heterocycles. The lowest BCUT2D eigenvalue weighted by atomic mass is 9.90. The van der Waals surface area contributed by atoms with E-state index in [0.29, 0.717) is 18.4 Å². The van der Waals surface area contributed by atoms with Crippen LogP contribution >= 0.6 is 0 Å². The van der Waals surface area contributed by atoms with Gasteiger partial charge >= 0.3 is 5.97 Å². The molecule has 0 aromatic heterocycles. The number of rotatable bonds is 5. The number of allylic oxidation sites excluding steroid dienone is 1. The van der Waals surface area contributed by atoms with Crippen LogP contribution in [0.1, 0.15) is 37.8 Å². The van der Waals surface area contributed by atoms with E-state index in [9.17, 15) is 9.90 Å². The third-order valence-corrected chi connectivity index (χ3v) is 3.09. The van der Waals surface area contributed by atoms with E-state index in [4.69, 9.17) is 5.11 Å². The van der Waals surface area contributed by atoms with E-state index in [2.05, 4.69) is 0 Å². The summed E-state index contributed by atoms with van der Waals surface area (Å²) >= 11 is 0. The minimum Gasteiger partial charge on any atom is -0.478 e. The standard InChI is InChI=1S/C15H20O3/c1-11-6-8-13(9-7-11)15(3,18)10-4-5-12(2)14(16)17/h5-9,18H,4,10H2,1-3H3,(H,16,17)/b12-5+/t15-/m0/s1. The topological polar surface area (TPSA) is 57.5 Å². The third kappa shape index (κ3) is 4.00. The minimum absolute atomic E-state index is 0.315. The van der Waals surface area contributed by atoms with Gasteiger partial charge in [0.15, 0.2) is 0 Å². The van der Waals surface area contributed by atoms with Crippen LogP contribution in [-0.2, 0) is 10.4 Å². The van der Waals surface area contributed by atoms with Crippen LogP contribution < -0.4 is 0 Å². The van der Waals surface area contributed by atoms with Gasteiger partial charge in [-0.3, -0.25) is 0 Å². The van der Waals surface area contributed by atoms with E-state index in [-0.39, 0.29) is 0 Å². The molecule has 3 heteroatoms. The molecule has 1 atom stereocenters. The van der Waals surface area contributed by atoms with Gasteiger partial charge in [0.2, 0.25) is 0 Å². The van der Waals surface area contributed by atoms with Gasteiger partial charge in [0.05, 0.1) is 5.60 Å². The molecular weight excluding hydrogens is 228 g/mol. The summed E-state index contributed by atoms with van der Waals surface area (Å²) in [5, 5.41) is 19.1. The molecule has 2 N–H and O–H groups in total. The smallest absolute Gasteiger partial charge is 0.330 e. The van der Waals surface area contributed by atoms with Gasteiger partial charge in [-0.05, 0) is 39.2 Å². The monoisotopic (exact) mass is 248 g/mol. The van der Waals surface area contributed by atoms with Crippen LogP contribution in [0.15, 0.2) is 35.9 Å². The summed E-state index contributed by atoms with van der Waals surface area (Å²) in [6.07, 6.45) is 2.69. The fourth-order valence-corrected chi connectivity index (χ4v) is 1.71. The number of carboxylic acids is 1. The Morgan fingerprint density at radius 1 is 1.33 bits per heavy atom. The van der Waals surface area contributed by atoms with Crippen molar-refractivity contribution < 1.29 is 15.0 Å². The second kappa shape index (κ2) is 5.83. The second-order valence-corrected chi connectivity index (χ2v) is 4.87. The molecular formula is C15H20O3. The molecule has 1 aromatic rings. The minimum atomic E-state index is -0.928. The lowest BCUT2D eigenvalue weighted by Gasteiger charge is -2.23. The van der Waals surface area contributed by atoms with Crippen molar-refractivity contribution in [2.24, 2.45) is 0 Å². The predicted molar refractivity (Wildman–Crippen MR) is 71.4 cm³/mol. The highest BCUT2D eigenvalue weighted by atomic mass is 16.4. The summed E-state index contributed by atoms with van der Waals surface area (Å²) in [5.41, 5.74) is 1.39. The van der Waals surface area contributed by atoms with Crippen LogP contribution in [0.3, 0.4) is 0 Å². The second-order valence-electron chi connectivity index (χ2n) is 4.87. The first-order valence-electron chi connectivity index (χ1n) is 6.02. The molecule has 3 nitrogen and oxygen atoms in total. The van der Waals surface area contributed by atoms with E-state index in [1.54, 1.807) is 19.9 Å². The molecule has 0 spiro atoms. The lowest BCUT2D eigenvalue weighted by molar-refractivity contribution is -0.132. The Kier molecular flexibility index (Phi) is 4.68. The molecule has 0 radical (unpaired) electrons. The molecule has 1 rings (SSSR count). The Morgan fingerprint density at radius 3 is 2.39 bits per heavy atom. The van der Waals surface area contributed by atoms with Crippen LogP contribution in [0.25, 0.3) is 0 Å². The summed E-state index contributed by atoms with van der Waals surface area (Å²) < 4.78 is 0. The van der Waals surface area contributed by atoms with Crippen LogP contribution in [0.2, 0.25) is 0 Å². The zero-order chi connectivity index (χ0) is 13.8. The van der Waals surface area contributed by atoms with Crippen molar-refractivity contribution in [1.29, 1.82) is 0 Å². The highest BCUT2D eigenvalue weighted by Crippen LogP contribution is 2.26. The van der Waals surface area contributed by atoms with E-state index in [1.807, 2.05) is 31.2 Å². The number of aryl methyl sites for hydroxylation is 1. The van der Waals surface area contributed by atoms with Crippen LogP contribution in [-0.4, -0.2) is 16.2 Å². The number of hydrogen-bond acceptors (Lipinski definition) is 2. The van der Waals surface area contributed by atoms with Crippen LogP contribution in [0.4, 0.5) is 0 Å². The molecule has 0 saturated heterocycles. The predicted octanol–water partition coefficient (Wildman–Crippen LogP) is 3.01. The zero-order valence-corrected chi connectivity index (χ0v) is 11.1. The van der Waals surface area contributed by atoms with Crippen molar-refractivity contribution >= 4 is 5.97 Å². The number of benzene rings is 1. The Labute approximate surface area is 108 Å². The largest absolute Gasteiger partial charge is 0.478 e. The molecule has 0 fully saturated rings. The maximum absolute atomic E-state index is 10.6. The summed E-state index contributed by atoms with van der Waals surface area (Å²) in [7, 11) is 0. The maximum atomic E-state index is 10.6. The Hall–Kier alpha value is -1.61. The highest BCUT2D eigenvalue weighted by Gasteiger charge is 2.21. The molecule has 0 amide bonds. The normalized spacial score (nSPS) is 15.2. The quantitative estimate of drug-likeness (QED) is 0.787. The first-order valence-corrected chi connectivity index (χ1v) is 6.02. The van der Waals surface area contributed by atoms with Crippen molar-refractivity contribution in [3.63, 3.8) is 0 Å². The SMILES string of the molecule is C/C(=C\CC[C@](C)(O)c1ccc(C)cc1)C(=O)O. The average Bonchev–Trinajstić information content (AvgIpc) is 2.29. The van der Waals surface area contributed by atoms with Gasteiger partial charge in [-0.2, -0.15) is 0 Å². The lowest BCUT2D eigenvalue weighted by Crippen LogP contribution is -2.20. The van der Waals surface area contributed by atoms with E-state index < -0.39 is 11.6 Å². The first kappa shape index (κ1) is 14.5. The maximum Gasteiger partial charge on any atom is 0.330 e. The number of carboxylic acid groups (broad SMARTS) is 1. The third-order valence-electron chi connectivity index (χ3n) is 3.09. The fourth-order valence-electron chi connectivity index (χ4n) is 1.71. The number of carbonyl (C=O) groups is 1. The van der Waals surface area contributed by atoms with Crippen LogP contribution in [0, 0.1) is 6.92 Å². The van der Waals surface area contributed by atoms with E-state index >= 15 is 0 Å². The van der Waals surface area contributed by atoms with Crippen molar-refractivity contribution in [2.45, 2.75) is 39.2 Å². The van der Waals surface area contributed by atoms with Gasteiger partial charge in [0, 0.05) is 5.57 Å². The Morgan fingerprint density at radius 2 is 1.89 bits per heavy atom. The summed E-state index contributed by atoms with van der Waals surface area (Å²) in [5.74, 6) is -0.912. The van der Waals surface area contributed by atoms with Gasteiger partial charge in [-0.1, -0.05) is 35.9 Å². The molecule has 0 saturated carbocycles. The van der Waals surface area contributed by atoms with Gasteiger partial charge in [-0.15, -0.1) is 0 Å². The first-order chi connectivity index (χ1) is 8.33. The molecule has 18 heavy (non-hydrogen) atoms. The van der Waals surface area contributed by atoms with Gasteiger partial charge in [0.25, 0.3) is 0 Å². The summed E-state index contributed by atoms with van der Waals surface area (Å²) in [6, 6.07) is 7.73. The Balaban J connectivity index is 2.68. The molecule has 0 unspecified atom stereocenters. The van der Waals surface area contributed by atoms with Crippen LogP contribution in [0.5, 0.6) is 0 Å². The molecule has 98 valence electrons. The number of hydrogen-bond donors (Lipinski definition) is 2. The van der Waals surface area contributed by atoms with E-state index in [0.717, 1.165) is 11.1 Å². The Bertz CT molecular complexity index is 441. The molecule has 0 aliphatic carbocycles. The number of aliphatic hydroxyl groups is 1. The summed E-state index contributed by atoms with van der Waals surface area (Å²) in [4.78, 5) is 10.6. The van der Waals surface area contributed by atoms with Crippen molar-refractivity contribution in [3.8, 4) is 0 Å². The van der Waals surface area contributed by atoms with E-state index in [1.165, 1.54) is 0 Å². The van der Waals surface area contributed by atoms with Gasteiger partial charge < -0.3 is 10.2 Å². The molecule has 0 aliphatic heterocycles. The van der Waals surface area contributed by atoms with Gasteiger partial charge in [0.1, 0.15) is 0 Å². The van der Waals surface area contributed by atoms with Crippen molar-refractivity contribution in [2.75, 3.05) is 0 Å². The zero-order valence-electron chi connectivity index (χ0n) is 11.1. The molecule has 0 aliphatic rings. The summed E-state index contributed by atoms with van der Waals surface area (Å²) in [6.45, 7) is 5.31. The van der Waals surface area contributed by atoms with Crippen molar-refractivity contribution in [3.05, 3.63) is 47.0 Å². The number of aliphatic carboxylic acids is 1. The highest BCUT2D eigenvalue weighted by molar-refractivity contribution is 5.85. The molecule has 0 bridgehead atoms. The van der Waals surface area contributed by atoms with Gasteiger partial charge in [-0.25, -0.2) is 4.79 Å². The molecule has 1 aromatic carbocycles. The van der Waals surface area contributed by atoms with Crippen molar-refractivity contribution in [1.82, 2.24) is 0 Å².